The number of hydrogen-bond donors (Lipinski definition) is 3. The number of anilines is 3. The van der Waals surface area contributed by atoms with Crippen molar-refractivity contribution in [3.05, 3.63) is 42.6 Å². The molecule has 10 heteroatoms. The molecule has 4 heterocycles. The van der Waals surface area contributed by atoms with Crippen LogP contribution in [0.2, 0.25) is 0 Å². The summed E-state index contributed by atoms with van der Waals surface area (Å²) in [7, 11) is 1.78. The molecule has 3 aromatic rings. The van der Waals surface area contributed by atoms with E-state index < -0.39 is 0 Å². The second-order valence-electron chi connectivity index (χ2n) is 7.50. The highest BCUT2D eigenvalue weighted by Gasteiger charge is 2.26. The predicted molar refractivity (Wildman–Crippen MR) is 123 cm³/mol. The molecule has 0 bridgehead atoms. The summed E-state index contributed by atoms with van der Waals surface area (Å²) >= 11 is 1.56. The van der Waals surface area contributed by atoms with Crippen LogP contribution in [0.4, 0.5) is 16.8 Å². The van der Waals surface area contributed by atoms with Crippen molar-refractivity contribution < 1.29 is 4.79 Å². The Morgan fingerprint density at radius 2 is 2.10 bits per heavy atom. The SMILES string of the molecule is CNC(C)C(=O)N[C@H]1CCN(c2cc(Nc3ncc(-c4ccncc4)s3)nc(C)n2)C1. The van der Waals surface area contributed by atoms with Crippen molar-refractivity contribution in [2.24, 2.45) is 0 Å². The van der Waals surface area contributed by atoms with Crippen LogP contribution in [-0.2, 0) is 4.79 Å². The maximum absolute atomic E-state index is 12.2. The number of nitrogens with zero attached hydrogens (tertiary/aromatic N) is 5. The minimum absolute atomic E-state index is 0.0179. The zero-order valence-electron chi connectivity index (χ0n) is 17.8. The first-order valence-electron chi connectivity index (χ1n) is 10.2. The lowest BCUT2D eigenvalue weighted by Crippen LogP contribution is -2.46. The molecule has 0 saturated carbocycles. The van der Waals surface area contributed by atoms with E-state index in [1.807, 2.05) is 38.2 Å². The lowest BCUT2D eigenvalue weighted by Gasteiger charge is -2.20. The number of aryl methyl sites for hydroxylation is 1. The standard InChI is InChI=1S/C21H26N8OS/c1-13(22-3)20(30)27-16-6-9-29(12-16)19-10-18(25-14(2)26-19)28-21-24-11-17(31-21)15-4-7-23-8-5-15/h4-5,7-8,10-11,13,16,22H,6,9,12H2,1-3H3,(H,27,30)(H,24,25,26,28)/t13?,16-/m0/s1. The van der Waals surface area contributed by atoms with Crippen LogP contribution in [-0.4, -0.2) is 58.1 Å². The Balaban J connectivity index is 1.43. The average Bonchev–Trinajstić information content (AvgIpc) is 3.43. The van der Waals surface area contributed by atoms with Gasteiger partial charge in [-0.25, -0.2) is 15.0 Å². The van der Waals surface area contributed by atoms with Crippen LogP contribution >= 0.6 is 11.3 Å². The van der Waals surface area contributed by atoms with E-state index in [0.29, 0.717) is 11.6 Å². The third-order valence-corrected chi connectivity index (χ3v) is 6.18. The van der Waals surface area contributed by atoms with Gasteiger partial charge in [-0.2, -0.15) is 0 Å². The van der Waals surface area contributed by atoms with Crippen molar-refractivity contribution in [3.8, 4) is 10.4 Å². The highest BCUT2D eigenvalue weighted by atomic mass is 32.1. The zero-order valence-corrected chi connectivity index (χ0v) is 18.6. The van der Waals surface area contributed by atoms with Crippen molar-refractivity contribution in [3.63, 3.8) is 0 Å². The molecule has 162 valence electrons. The summed E-state index contributed by atoms with van der Waals surface area (Å²) in [5.74, 6) is 2.25. The van der Waals surface area contributed by atoms with E-state index in [9.17, 15) is 4.79 Å². The van der Waals surface area contributed by atoms with Gasteiger partial charge in [0, 0.05) is 43.8 Å². The molecule has 1 saturated heterocycles. The van der Waals surface area contributed by atoms with Crippen molar-refractivity contribution in [1.82, 2.24) is 30.6 Å². The molecule has 1 fully saturated rings. The molecular weight excluding hydrogens is 412 g/mol. The highest BCUT2D eigenvalue weighted by Crippen LogP contribution is 2.30. The summed E-state index contributed by atoms with van der Waals surface area (Å²) in [6.07, 6.45) is 6.27. The second kappa shape index (κ2) is 9.36. The summed E-state index contributed by atoms with van der Waals surface area (Å²) in [5, 5.41) is 10.1. The molecule has 1 amide bonds. The van der Waals surface area contributed by atoms with Crippen LogP contribution in [0.3, 0.4) is 0 Å². The van der Waals surface area contributed by atoms with Gasteiger partial charge in [-0.05, 0) is 45.0 Å². The van der Waals surface area contributed by atoms with E-state index in [0.717, 1.165) is 40.9 Å². The summed E-state index contributed by atoms with van der Waals surface area (Å²) in [6, 6.07) is 5.76. The Bertz CT molecular complexity index is 1040. The Morgan fingerprint density at radius 3 is 2.87 bits per heavy atom. The first-order chi connectivity index (χ1) is 15.0. The number of thiazole rings is 1. The van der Waals surface area contributed by atoms with Crippen LogP contribution < -0.4 is 20.9 Å². The molecule has 0 radical (unpaired) electrons. The van der Waals surface area contributed by atoms with E-state index >= 15 is 0 Å². The third kappa shape index (κ3) is 5.15. The molecule has 1 unspecified atom stereocenters. The van der Waals surface area contributed by atoms with Crippen LogP contribution in [0.5, 0.6) is 0 Å². The summed E-state index contributed by atoms with van der Waals surface area (Å²) < 4.78 is 0. The van der Waals surface area contributed by atoms with Crippen molar-refractivity contribution >= 4 is 34.0 Å². The van der Waals surface area contributed by atoms with E-state index in [1.165, 1.54) is 0 Å². The molecule has 31 heavy (non-hydrogen) atoms. The first kappa shape index (κ1) is 21.1. The number of carbonyl (C=O) groups is 1. The smallest absolute Gasteiger partial charge is 0.237 e. The molecule has 1 aliphatic rings. The number of amides is 1. The molecule has 0 spiro atoms. The van der Waals surface area contributed by atoms with Gasteiger partial charge in [-0.1, -0.05) is 11.3 Å². The van der Waals surface area contributed by atoms with Crippen molar-refractivity contribution in [2.45, 2.75) is 32.4 Å². The first-order valence-corrected chi connectivity index (χ1v) is 11.0. The molecule has 3 N–H and O–H groups in total. The Morgan fingerprint density at radius 1 is 1.29 bits per heavy atom. The van der Waals surface area contributed by atoms with Crippen LogP contribution in [0.1, 0.15) is 19.2 Å². The number of carbonyl (C=O) groups excluding carboxylic acids is 1. The van der Waals surface area contributed by atoms with Gasteiger partial charge in [0.15, 0.2) is 5.13 Å². The largest absolute Gasteiger partial charge is 0.354 e. The Labute approximate surface area is 185 Å². The number of aromatic nitrogens is 4. The fourth-order valence-electron chi connectivity index (χ4n) is 3.41. The molecule has 1 aliphatic heterocycles. The zero-order chi connectivity index (χ0) is 21.8. The van der Waals surface area contributed by atoms with Gasteiger partial charge < -0.3 is 20.9 Å². The third-order valence-electron chi connectivity index (χ3n) is 5.21. The van der Waals surface area contributed by atoms with Crippen molar-refractivity contribution in [1.29, 1.82) is 0 Å². The number of hydrogen-bond acceptors (Lipinski definition) is 9. The topological polar surface area (TPSA) is 108 Å². The molecule has 3 aromatic heterocycles. The predicted octanol–water partition coefficient (Wildman–Crippen LogP) is 2.35. The molecular formula is C21H26N8OS. The number of pyridine rings is 1. The summed E-state index contributed by atoms with van der Waals surface area (Å²) in [5.41, 5.74) is 1.08. The second-order valence-corrected chi connectivity index (χ2v) is 8.53. The molecule has 9 nitrogen and oxygen atoms in total. The molecule has 0 aliphatic carbocycles. The van der Waals surface area contributed by atoms with Gasteiger partial charge in [0.05, 0.1) is 10.9 Å². The number of nitrogens with one attached hydrogen (secondary N) is 3. The van der Waals surface area contributed by atoms with Gasteiger partial charge in [0.2, 0.25) is 5.91 Å². The highest BCUT2D eigenvalue weighted by molar-refractivity contribution is 7.18. The molecule has 2 atom stereocenters. The molecule has 0 aromatic carbocycles. The van der Waals surface area contributed by atoms with Gasteiger partial charge in [0.25, 0.3) is 0 Å². The van der Waals surface area contributed by atoms with E-state index in [-0.39, 0.29) is 18.0 Å². The van der Waals surface area contributed by atoms with Crippen LogP contribution in [0.15, 0.2) is 36.8 Å². The van der Waals surface area contributed by atoms with E-state index in [2.05, 4.69) is 40.8 Å². The lowest BCUT2D eigenvalue weighted by atomic mass is 10.2. The molecule has 4 rings (SSSR count). The van der Waals surface area contributed by atoms with Crippen LogP contribution in [0, 0.1) is 6.92 Å². The summed E-state index contributed by atoms with van der Waals surface area (Å²) in [6.45, 7) is 5.29. The quantitative estimate of drug-likeness (QED) is 0.516. The lowest BCUT2D eigenvalue weighted by molar-refractivity contribution is -0.123. The minimum Gasteiger partial charge on any atom is -0.354 e. The van der Waals surface area contributed by atoms with Gasteiger partial charge in [-0.3, -0.25) is 9.78 Å². The van der Waals surface area contributed by atoms with Crippen LogP contribution in [0.25, 0.3) is 10.4 Å². The monoisotopic (exact) mass is 438 g/mol. The van der Waals surface area contributed by atoms with E-state index in [1.54, 1.807) is 30.8 Å². The summed E-state index contributed by atoms with van der Waals surface area (Å²) in [4.78, 5) is 33.0. The average molecular weight is 439 g/mol. The Kier molecular flexibility index (Phi) is 6.38. The normalized spacial score (nSPS) is 16.9. The van der Waals surface area contributed by atoms with Gasteiger partial charge in [0.1, 0.15) is 17.5 Å². The fraction of sp³-hybridized carbons (Fsp3) is 0.381. The number of rotatable bonds is 7. The fourth-order valence-corrected chi connectivity index (χ4v) is 4.24. The van der Waals surface area contributed by atoms with E-state index in [4.69, 9.17) is 0 Å². The number of likely N-dealkylation sites (N-methyl/N-ethyl adjacent to an activating group) is 1. The Hall–Kier alpha value is -3.11. The van der Waals surface area contributed by atoms with Gasteiger partial charge in [-0.15, -0.1) is 0 Å². The van der Waals surface area contributed by atoms with Crippen molar-refractivity contribution in [2.75, 3.05) is 30.4 Å². The van der Waals surface area contributed by atoms with Gasteiger partial charge >= 0.3 is 0 Å². The minimum atomic E-state index is -0.207. The maximum Gasteiger partial charge on any atom is 0.237 e. The maximum atomic E-state index is 12.2.